The summed E-state index contributed by atoms with van der Waals surface area (Å²) in [5.41, 5.74) is -2.22. The van der Waals surface area contributed by atoms with Gasteiger partial charge in [-0.2, -0.15) is 0 Å². The zero-order chi connectivity index (χ0) is 11.6. The van der Waals surface area contributed by atoms with Gasteiger partial charge in [0.15, 0.2) is 5.60 Å². The predicted molar refractivity (Wildman–Crippen MR) is 48.4 cm³/mol. The Hall–Kier alpha value is -1.49. The summed E-state index contributed by atoms with van der Waals surface area (Å²) in [4.78, 5) is 10.9. The second-order valence-electron chi connectivity index (χ2n) is 3.17. The quantitative estimate of drug-likeness (QED) is 0.839. The van der Waals surface area contributed by atoms with Crippen LogP contribution in [0.4, 0.5) is 8.78 Å². The van der Waals surface area contributed by atoms with Gasteiger partial charge in [0, 0.05) is 12.7 Å². The molecule has 0 aliphatic heterocycles. The Balaban J connectivity index is 3.35. The molecule has 1 aromatic carbocycles. The summed E-state index contributed by atoms with van der Waals surface area (Å²) in [7, 11) is 1.12. The number of aliphatic carboxylic acids is 1. The number of carbonyl (C=O) groups is 1. The van der Waals surface area contributed by atoms with Gasteiger partial charge in [0.2, 0.25) is 0 Å². The highest BCUT2D eigenvalue weighted by atomic mass is 19.1. The van der Waals surface area contributed by atoms with Crippen molar-refractivity contribution in [2.24, 2.45) is 0 Å². The number of halogens is 2. The van der Waals surface area contributed by atoms with Gasteiger partial charge in [0.1, 0.15) is 11.6 Å². The molecule has 0 amide bonds. The van der Waals surface area contributed by atoms with E-state index in [0.717, 1.165) is 32.2 Å². The van der Waals surface area contributed by atoms with Crippen LogP contribution in [0.3, 0.4) is 0 Å². The Morgan fingerprint density at radius 1 is 1.47 bits per heavy atom. The zero-order valence-electron chi connectivity index (χ0n) is 8.25. The third kappa shape index (κ3) is 1.97. The van der Waals surface area contributed by atoms with Gasteiger partial charge in [-0.05, 0) is 25.1 Å². The molecule has 1 rings (SSSR count). The number of carboxylic acids is 1. The molecule has 1 N–H and O–H groups in total. The molecule has 0 saturated carbocycles. The van der Waals surface area contributed by atoms with Crippen LogP contribution >= 0.6 is 0 Å². The van der Waals surface area contributed by atoms with E-state index in [2.05, 4.69) is 0 Å². The molecule has 1 aromatic rings. The van der Waals surface area contributed by atoms with Crippen LogP contribution in [0.25, 0.3) is 0 Å². The molecule has 0 radical (unpaired) electrons. The van der Waals surface area contributed by atoms with Crippen molar-refractivity contribution in [3.63, 3.8) is 0 Å². The van der Waals surface area contributed by atoms with Crippen molar-refractivity contribution < 1.29 is 23.4 Å². The van der Waals surface area contributed by atoms with Crippen molar-refractivity contribution in [1.29, 1.82) is 0 Å². The number of methoxy groups -OCH3 is 1. The number of benzene rings is 1. The highest BCUT2D eigenvalue weighted by molar-refractivity contribution is 5.79. The summed E-state index contributed by atoms with van der Waals surface area (Å²) in [6.07, 6.45) is 0. The van der Waals surface area contributed by atoms with Crippen molar-refractivity contribution in [1.82, 2.24) is 0 Å². The lowest BCUT2D eigenvalue weighted by molar-refractivity contribution is -0.161. The molecule has 0 spiro atoms. The molecule has 1 atom stereocenters. The maximum absolute atomic E-state index is 13.3. The lowest BCUT2D eigenvalue weighted by Crippen LogP contribution is -2.35. The molecule has 5 heteroatoms. The second kappa shape index (κ2) is 3.94. The molecule has 82 valence electrons. The van der Waals surface area contributed by atoms with E-state index in [1.165, 1.54) is 0 Å². The van der Waals surface area contributed by atoms with E-state index < -0.39 is 23.2 Å². The van der Waals surface area contributed by atoms with Gasteiger partial charge in [0.05, 0.1) is 0 Å². The topological polar surface area (TPSA) is 46.5 Å². The fourth-order valence-electron chi connectivity index (χ4n) is 1.18. The van der Waals surface area contributed by atoms with Crippen molar-refractivity contribution in [3.05, 3.63) is 35.4 Å². The Morgan fingerprint density at radius 2 is 2.07 bits per heavy atom. The Labute approximate surface area is 85.3 Å². The lowest BCUT2D eigenvalue weighted by atomic mass is 9.95. The maximum Gasteiger partial charge on any atom is 0.340 e. The SMILES string of the molecule is COC(C)(C(=O)O)c1cc(F)ccc1F. The average Bonchev–Trinajstić information content (AvgIpc) is 2.20. The van der Waals surface area contributed by atoms with E-state index in [1.807, 2.05) is 0 Å². The Bertz CT molecular complexity index is 392. The molecule has 0 bridgehead atoms. The predicted octanol–water partition coefficient (Wildman–Crippen LogP) is 1.91. The van der Waals surface area contributed by atoms with E-state index >= 15 is 0 Å². The van der Waals surface area contributed by atoms with Crippen LogP contribution < -0.4 is 0 Å². The van der Waals surface area contributed by atoms with Crippen molar-refractivity contribution in [3.8, 4) is 0 Å². The molecule has 0 fully saturated rings. The van der Waals surface area contributed by atoms with Gasteiger partial charge in [0.25, 0.3) is 0 Å². The van der Waals surface area contributed by atoms with Gasteiger partial charge in [-0.1, -0.05) is 0 Å². The molecule has 3 nitrogen and oxygen atoms in total. The average molecular weight is 216 g/mol. The number of hydrogen-bond acceptors (Lipinski definition) is 2. The van der Waals surface area contributed by atoms with Crippen LogP contribution in [-0.4, -0.2) is 18.2 Å². The summed E-state index contributed by atoms with van der Waals surface area (Å²) < 4.78 is 30.9. The lowest BCUT2D eigenvalue weighted by Gasteiger charge is -2.23. The highest BCUT2D eigenvalue weighted by Crippen LogP contribution is 2.27. The first-order valence-electron chi connectivity index (χ1n) is 4.16. The van der Waals surface area contributed by atoms with Gasteiger partial charge in [-0.3, -0.25) is 0 Å². The summed E-state index contributed by atoms with van der Waals surface area (Å²) in [5.74, 6) is -2.91. The van der Waals surface area contributed by atoms with Crippen molar-refractivity contribution >= 4 is 5.97 Å². The number of hydrogen-bond donors (Lipinski definition) is 1. The Kier molecular flexibility index (Phi) is 3.04. The molecule has 0 aliphatic rings. The summed E-state index contributed by atoms with van der Waals surface area (Å²) >= 11 is 0. The summed E-state index contributed by atoms with van der Waals surface area (Å²) in [6, 6.07) is 2.59. The number of ether oxygens (including phenoxy) is 1. The number of rotatable bonds is 3. The Morgan fingerprint density at radius 3 is 2.53 bits per heavy atom. The van der Waals surface area contributed by atoms with Crippen LogP contribution in [0.5, 0.6) is 0 Å². The monoisotopic (exact) mass is 216 g/mol. The zero-order valence-corrected chi connectivity index (χ0v) is 8.25. The molecule has 1 unspecified atom stereocenters. The maximum atomic E-state index is 13.3. The fourth-order valence-corrected chi connectivity index (χ4v) is 1.18. The van der Waals surface area contributed by atoms with Gasteiger partial charge >= 0.3 is 5.97 Å². The van der Waals surface area contributed by atoms with E-state index in [0.29, 0.717) is 0 Å². The second-order valence-corrected chi connectivity index (χ2v) is 3.17. The largest absolute Gasteiger partial charge is 0.479 e. The van der Waals surface area contributed by atoms with Crippen LogP contribution in [0.2, 0.25) is 0 Å². The minimum Gasteiger partial charge on any atom is -0.479 e. The van der Waals surface area contributed by atoms with Gasteiger partial charge in [-0.15, -0.1) is 0 Å². The summed E-state index contributed by atoms with van der Waals surface area (Å²) in [6.45, 7) is 1.16. The first-order valence-corrected chi connectivity index (χ1v) is 4.16. The smallest absolute Gasteiger partial charge is 0.340 e. The van der Waals surface area contributed by atoms with E-state index in [-0.39, 0.29) is 5.56 Å². The van der Waals surface area contributed by atoms with Crippen molar-refractivity contribution in [2.75, 3.05) is 7.11 Å². The molecule has 0 aromatic heterocycles. The normalized spacial score (nSPS) is 14.7. The molecule has 0 saturated heterocycles. The fraction of sp³-hybridized carbons (Fsp3) is 0.300. The first kappa shape index (κ1) is 11.6. The van der Waals surface area contributed by atoms with Crippen LogP contribution in [0.1, 0.15) is 12.5 Å². The van der Waals surface area contributed by atoms with E-state index in [4.69, 9.17) is 9.84 Å². The van der Waals surface area contributed by atoms with Crippen molar-refractivity contribution in [2.45, 2.75) is 12.5 Å². The molecular weight excluding hydrogens is 206 g/mol. The minimum absolute atomic E-state index is 0.336. The first-order chi connectivity index (χ1) is 6.91. The molecule has 0 aliphatic carbocycles. The highest BCUT2D eigenvalue weighted by Gasteiger charge is 2.37. The van der Waals surface area contributed by atoms with Gasteiger partial charge in [-0.25, -0.2) is 13.6 Å². The van der Waals surface area contributed by atoms with Crippen LogP contribution in [0.15, 0.2) is 18.2 Å². The minimum atomic E-state index is -1.88. The van der Waals surface area contributed by atoms with Crippen LogP contribution in [0, 0.1) is 11.6 Å². The van der Waals surface area contributed by atoms with Crippen LogP contribution in [-0.2, 0) is 15.1 Å². The summed E-state index contributed by atoms with van der Waals surface area (Å²) in [5, 5.41) is 8.89. The van der Waals surface area contributed by atoms with E-state index in [1.54, 1.807) is 0 Å². The molecule has 15 heavy (non-hydrogen) atoms. The van der Waals surface area contributed by atoms with E-state index in [9.17, 15) is 13.6 Å². The third-order valence-electron chi connectivity index (χ3n) is 2.26. The number of carboxylic acid groups (broad SMARTS) is 1. The molecule has 0 heterocycles. The van der Waals surface area contributed by atoms with Gasteiger partial charge < -0.3 is 9.84 Å². The third-order valence-corrected chi connectivity index (χ3v) is 2.26. The molecular formula is C10H10F2O3. The standard InChI is InChI=1S/C10H10F2O3/c1-10(15-2,9(13)14)7-5-6(11)3-4-8(7)12/h3-5H,1-2H3,(H,13,14).